The SMILES string of the molecule is C[C@H](Cn1cnc2c(N)ncnc21)OCP(=O)(O)OCCOCCCCCCCCCCCCCc1cccc(F)c1. The average molecular weight is 608 g/mol. The number of benzene rings is 1. The Morgan fingerprint density at radius 1 is 0.952 bits per heavy atom. The molecule has 1 unspecified atom stereocenters. The summed E-state index contributed by atoms with van der Waals surface area (Å²) in [6, 6.07) is 6.92. The maximum Gasteiger partial charge on any atom is 0.353 e. The number of nitrogens with two attached hydrogens (primary N) is 1. The van der Waals surface area contributed by atoms with Crippen molar-refractivity contribution in [3.8, 4) is 0 Å². The summed E-state index contributed by atoms with van der Waals surface area (Å²) in [6.07, 6.45) is 16.4. The molecule has 0 aliphatic rings. The number of nitrogen functional groups attached to an aromatic ring is 1. The van der Waals surface area contributed by atoms with Gasteiger partial charge in [0.25, 0.3) is 0 Å². The minimum Gasteiger partial charge on any atom is -0.382 e. The number of rotatable bonds is 23. The second-order valence-electron chi connectivity index (χ2n) is 10.8. The number of aryl methyl sites for hydroxylation is 1. The quantitative estimate of drug-likeness (QED) is 0.0896. The number of imidazole rings is 1. The van der Waals surface area contributed by atoms with Crippen molar-refractivity contribution in [2.24, 2.45) is 0 Å². The van der Waals surface area contributed by atoms with Crippen molar-refractivity contribution in [2.75, 3.05) is 31.9 Å². The number of anilines is 1. The fourth-order valence-corrected chi connectivity index (χ4v) is 5.66. The van der Waals surface area contributed by atoms with E-state index in [0.717, 1.165) is 31.2 Å². The molecule has 42 heavy (non-hydrogen) atoms. The molecule has 2 heterocycles. The highest BCUT2D eigenvalue weighted by Crippen LogP contribution is 2.41. The van der Waals surface area contributed by atoms with E-state index in [2.05, 4.69) is 15.0 Å². The molecule has 0 fully saturated rings. The van der Waals surface area contributed by atoms with Crippen molar-refractivity contribution < 1.29 is 27.8 Å². The summed E-state index contributed by atoms with van der Waals surface area (Å²) < 4.78 is 43.5. The predicted molar refractivity (Wildman–Crippen MR) is 163 cm³/mol. The second-order valence-corrected chi connectivity index (χ2v) is 12.6. The number of hydrogen-bond acceptors (Lipinski definition) is 8. The highest BCUT2D eigenvalue weighted by atomic mass is 31.2. The lowest BCUT2D eigenvalue weighted by molar-refractivity contribution is 0.0610. The molecular weight excluding hydrogens is 560 g/mol. The van der Waals surface area contributed by atoms with Crippen LogP contribution < -0.4 is 5.73 Å². The van der Waals surface area contributed by atoms with Gasteiger partial charge in [0.05, 0.1) is 32.2 Å². The van der Waals surface area contributed by atoms with Crippen molar-refractivity contribution in [3.63, 3.8) is 0 Å². The molecule has 10 nitrogen and oxygen atoms in total. The van der Waals surface area contributed by atoms with Gasteiger partial charge >= 0.3 is 7.60 Å². The smallest absolute Gasteiger partial charge is 0.353 e. The zero-order valence-electron chi connectivity index (χ0n) is 24.8. The highest BCUT2D eigenvalue weighted by molar-refractivity contribution is 7.52. The lowest BCUT2D eigenvalue weighted by Gasteiger charge is -2.17. The van der Waals surface area contributed by atoms with Gasteiger partial charge < -0.3 is 29.2 Å². The minimum atomic E-state index is -3.88. The number of ether oxygens (including phenoxy) is 2. The average Bonchev–Trinajstić information content (AvgIpc) is 3.37. The Kier molecular flexibility index (Phi) is 15.4. The van der Waals surface area contributed by atoms with Crippen LogP contribution in [-0.4, -0.2) is 56.7 Å². The zero-order chi connectivity index (χ0) is 30.0. The van der Waals surface area contributed by atoms with E-state index in [0.29, 0.717) is 30.1 Å². The number of halogens is 1. The zero-order valence-corrected chi connectivity index (χ0v) is 25.7. The molecule has 3 rings (SSSR count). The van der Waals surface area contributed by atoms with E-state index in [1.165, 1.54) is 63.8 Å². The molecule has 0 saturated heterocycles. The normalized spacial score (nSPS) is 13.9. The predicted octanol–water partition coefficient (Wildman–Crippen LogP) is 6.66. The molecule has 2 atom stereocenters. The molecule has 0 amide bonds. The van der Waals surface area contributed by atoms with Crippen LogP contribution in [0, 0.1) is 5.82 Å². The van der Waals surface area contributed by atoms with Gasteiger partial charge in [-0.1, -0.05) is 69.9 Å². The fraction of sp³-hybridized carbons (Fsp3) is 0.633. The van der Waals surface area contributed by atoms with Crippen LogP contribution in [0.3, 0.4) is 0 Å². The number of hydrogen-bond donors (Lipinski definition) is 2. The summed E-state index contributed by atoms with van der Waals surface area (Å²) >= 11 is 0. The first-order valence-electron chi connectivity index (χ1n) is 15.2. The van der Waals surface area contributed by atoms with Crippen molar-refractivity contribution in [1.29, 1.82) is 0 Å². The third-order valence-electron chi connectivity index (χ3n) is 7.07. The standard InChI is InChI=1S/C30H47FN5O5P/c1-25(21-36-23-35-28-29(32)33-22-34-30(28)36)40-24-42(37,38)41-19-18-39-17-12-10-8-6-4-2-3-5-7-9-11-14-26-15-13-16-27(31)20-26/h13,15-16,20,22-23,25H,2-12,14,17-19,21,24H2,1H3,(H,37,38)(H2,32,33,34)/t25-/m1/s1. The summed E-state index contributed by atoms with van der Waals surface area (Å²) in [5.41, 5.74) is 7.99. The van der Waals surface area contributed by atoms with E-state index >= 15 is 0 Å². The van der Waals surface area contributed by atoms with Crippen LogP contribution in [0.25, 0.3) is 11.2 Å². The van der Waals surface area contributed by atoms with Crippen LogP contribution in [0.1, 0.15) is 83.1 Å². The monoisotopic (exact) mass is 607 g/mol. The summed E-state index contributed by atoms with van der Waals surface area (Å²) in [7, 11) is -3.88. The molecule has 0 aliphatic heterocycles. The van der Waals surface area contributed by atoms with Gasteiger partial charge in [-0.3, -0.25) is 4.57 Å². The molecule has 3 aromatic rings. The Balaban J connectivity index is 1.08. The molecule has 0 radical (unpaired) electrons. The highest BCUT2D eigenvalue weighted by Gasteiger charge is 2.21. The van der Waals surface area contributed by atoms with E-state index in [-0.39, 0.29) is 25.1 Å². The Morgan fingerprint density at radius 3 is 2.36 bits per heavy atom. The van der Waals surface area contributed by atoms with Crippen LogP contribution >= 0.6 is 7.60 Å². The molecule has 2 aromatic heterocycles. The number of fused-ring (bicyclic) bond motifs is 1. The lowest BCUT2D eigenvalue weighted by atomic mass is 10.0. The fourth-order valence-electron chi connectivity index (χ4n) is 4.78. The van der Waals surface area contributed by atoms with E-state index in [4.69, 9.17) is 19.7 Å². The third kappa shape index (κ3) is 13.3. The largest absolute Gasteiger partial charge is 0.382 e. The van der Waals surface area contributed by atoms with Crippen LogP contribution in [0.5, 0.6) is 0 Å². The van der Waals surface area contributed by atoms with Crippen LogP contribution in [0.15, 0.2) is 36.9 Å². The first-order valence-corrected chi connectivity index (χ1v) is 16.9. The van der Waals surface area contributed by atoms with E-state index in [9.17, 15) is 13.8 Å². The van der Waals surface area contributed by atoms with Gasteiger partial charge in [0.1, 0.15) is 24.0 Å². The topological polar surface area (TPSA) is 135 Å². The van der Waals surface area contributed by atoms with Crippen LogP contribution in [0.2, 0.25) is 0 Å². The van der Waals surface area contributed by atoms with Crippen molar-refractivity contribution >= 4 is 24.6 Å². The number of nitrogens with zero attached hydrogens (tertiary/aromatic N) is 4. The summed E-state index contributed by atoms with van der Waals surface area (Å²) in [5, 5.41) is 0. The third-order valence-corrected chi connectivity index (χ3v) is 8.13. The van der Waals surface area contributed by atoms with Gasteiger partial charge in [-0.05, 0) is 43.9 Å². The van der Waals surface area contributed by atoms with Gasteiger partial charge in [-0.2, -0.15) is 0 Å². The maximum atomic E-state index is 13.2. The van der Waals surface area contributed by atoms with Crippen molar-refractivity contribution in [2.45, 2.75) is 96.6 Å². The summed E-state index contributed by atoms with van der Waals surface area (Å²) in [4.78, 5) is 22.3. The Bertz CT molecular complexity index is 1230. The van der Waals surface area contributed by atoms with Gasteiger partial charge in [0.15, 0.2) is 11.5 Å². The Labute approximate surface area is 248 Å². The van der Waals surface area contributed by atoms with Gasteiger partial charge in [-0.15, -0.1) is 0 Å². The number of unbranched alkanes of at least 4 members (excludes halogenated alkanes) is 10. The molecule has 1 aromatic carbocycles. The molecule has 0 bridgehead atoms. The molecule has 234 valence electrons. The first kappa shape index (κ1) is 34.1. The van der Waals surface area contributed by atoms with Crippen LogP contribution in [-0.2, 0) is 31.5 Å². The molecule has 0 aliphatic carbocycles. The van der Waals surface area contributed by atoms with Crippen LogP contribution in [0.4, 0.5) is 10.2 Å². The summed E-state index contributed by atoms with van der Waals surface area (Å²) in [5.74, 6) is 0.155. The Hall–Kier alpha value is -2.43. The lowest BCUT2D eigenvalue weighted by Crippen LogP contribution is -2.18. The number of aromatic nitrogens is 4. The molecule has 0 spiro atoms. The van der Waals surface area contributed by atoms with Gasteiger partial charge in [-0.25, -0.2) is 19.3 Å². The van der Waals surface area contributed by atoms with Gasteiger partial charge in [0, 0.05) is 6.61 Å². The molecule has 0 saturated carbocycles. The van der Waals surface area contributed by atoms with E-state index in [1.54, 1.807) is 30.0 Å². The second kappa shape index (κ2) is 19.0. The van der Waals surface area contributed by atoms with Crippen molar-refractivity contribution in [1.82, 2.24) is 19.5 Å². The molecule has 12 heteroatoms. The van der Waals surface area contributed by atoms with Gasteiger partial charge in [0.2, 0.25) is 0 Å². The molecule has 3 N–H and O–H groups in total. The maximum absolute atomic E-state index is 13.2. The summed E-state index contributed by atoms with van der Waals surface area (Å²) in [6.45, 7) is 3.11. The first-order chi connectivity index (χ1) is 20.3. The van der Waals surface area contributed by atoms with E-state index in [1.807, 2.05) is 6.07 Å². The van der Waals surface area contributed by atoms with Crippen molar-refractivity contribution in [3.05, 3.63) is 48.3 Å². The van der Waals surface area contributed by atoms with E-state index < -0.39 is 13.9 Å². The molecular formula is C30H47FN5O5P. The Morgan fingerprint density at radius 2 is 1.64 bits per heavy atom. The minimum absolute atomic E-state index is 0.0404.